The predicted octanol–water partition coefficient (Wildman–Crippen LogP) is 5.30. The third-order valence-corrected chi connectivity index (χ3v) is 3.71. The van der Waals surface area contributed by atoms with E-state index in [4.69, 9.17) is 16.3 Å². The van der Waals surface area contributed by atoms with Crippen molar-refractivity contribution in [2.45, 2.75) is 26.4 Å². The Balaban J connectivity index is 1.87. The summed E-state index contributed by atoms with van der Waals surface area (Å²) in [5, 5.41) is 4.08. The number of anilines is 1. The van der Waals surface area contributed by atoms with Gasteiger partial charge in [0.25, 0.3) is 0 Å². The molecule has 5 nitrogen and oxygen atoms in total. The van der Waals surface area contributed by atoms with Crippen molar-refractivity contribution < 1.29 is 9.53 Å². The second-order valence-electron chi connectivity index (χ2n) is 6.57. The van der Waals surface area contributed by atoms with Crippen LogP contribution >= 0.6 is 11.6 Å². The SMILES string of the molecule is CC(C)(C)OC(=O)Nc1ncc2cc(-c3ccccc3Cl)ccc2n1. The molecule has 0 radical (unpaired) electrons. The maximum Gasteiger partial charge on any atom is 0.414 e. The van der Waals surface area contributed by atoms with Gasteiger partial charge in [-0.1, -0.05) is 35.9 Å². The molecule has 1 amide bonds. The Labute approximate surface area is 151 Å². The van der Waals surface area contributed by atoms with Gasteiger partial charge in [-0.05, 0) is 44.5 Å². The third-order valence-electron chi connectivity index (χ3n) is 3.38. The molecule has 0 aliphatic rings. The molecule has 1 heterocycles. The highest BCUT2D eigenvalue weighted by Gasteiger charge is 2.17. The fourth-order valence-corrected chi connectivity index (χ4v) is 2.60. The molecular weight excluding hydrogens is 338 g/mol. The van der Waals surface area contributed by atoms with Crippen molar-refractivity contribution in [1.82, 2.24) is 9.97 Å². The van der Waals surface area contributed by atoms with Gasteiger partial charge in [-0.3, -0.25) is 5.32 Å². The molecule has 3 aromatic rings. The van der Waals surface area contributed by atoms with Gasteiger partial charge in [0, 0.05) is 22.2 Å². The van der Waals surface area contributed by atoms with Crippen LogP contribution in [0.5, 0.6) is 0 Å². The topological polar surface area (TPSA) is 64.1 Å². The Bertz CT molecular complexity index is 935. The van der Waals surface area contributed by atoms with E-state index in [2.05, 4.69) is 15.3 Å². The number of amides is 1. The summed E-state index contributed by atoms with van der Waals surface area (Å²) >= 11 is 6.25. The Morgan fingerprint density at radius 3 is 2.64 bits per heavy atom. The van der Waals surface area contributed by atoms with Crippen molar-refractivity contribution in [2.24, 2.45) is 0 Å². The van der Waals surface area contributed by atoms with Crippen LogP contribution < -0.4 is 5.32 Å². The van der Waals surface area contributed by atoms with Crippen LogP contribution in [-0.2, 0) is 4.74 Å². The highest BCUT2D eigenvalue weighted by molar-refractivity contribution is 6.33. The Hall–Kier alpha value is -2.66. The number of benzene rings is 2. The minimum absolute atomic E-state index is 0.201. The van der Waals surface area contributed by atoms with Crippen molar-refractivity contribution in [3.05, 3.63) is 53.7 Å². The van der Waals surface area contributed by atoms with Crippen LogP contribution in [0.25, 0.3) is 22.0 Å². The first-order chi connectivity index (χ1) is 11.8. The lowest BCUT2D eigenvalue weighted by molar-refractivity contribution is 0.0634. The standard InChI is InChI=1S/C19H18ClN3O2/c1-19(2,3)25-18(24)23-17-21-11-13-10-12(8-9-16(13)22-17)14-6-4-5-7-15(14)20/h4-11H,1-3H3,(H,21,22,23,24). The van der Waals surface area contributed by atoms with Crippen molar-refractivity contribution in [1.29, 1.82) is 0 Å². The number of rotatable bonds is 2. The molecule has 1 N–H and O–H groups in total. The van der Waals surface area contributed by atoms with E-state index in [9.17, 15) is 4.79 Å². The molecule has 3 rings (SSSR count). The number of aromatic nitrogens is 2. The number of fused-ring (bicyclic) bond motifs is 1. The second-order valence-corrected chi connectivity index (χ2v) is 6.98. The van der Waals surface area contributed by atoms with Crippen LogP contribution in [0.15, 0.2) is 48.7 Å². The molecule has 0 unspecified atom stereocenters. The first kappa shape index (κ1) is 17.2. The van der Waals surface area contributed by atoms with Gasteiger partial charge < -0.3 is 4.74 Å². The molecular formula is C19H18ClN3O2. The first-order valence-electron chi connectivity index (χ1n) is 7.83. The largest absolute Gasteiger partial charge is 0.444 e. The van der Waals surface area contributed by atoms with Crippen LogP contribution in [0, 0.1) is 0 Å². The van der Waals surface area contributed by atoms with Gasteiger partial charge >= 0.3 is 6.09 Å². The van der Waals surface area contributed by atoms with Gasteiger partial charge in [-0.25, -0.2) is 14.8 Å². The highest BCUT2D eigenvalue weighted by atomic mass is 35.5. The molecule has 0 fully saturated rings. The van der Waals surface area contributed by atoms with E-state index in [0.717, 1.165) is 22.0 Å². The van der Waals surface area contributed by atoms with Crippen LogP contribution in [0.4, 0.5) is 10.7 Å². The summed E-state index contributed by atoms with van der Waals surface area (Å²) in [4.78, 5) is 20.3. The molecule has 0 spiro atoms. The summed E-state index contributed by atoms with van der Waals surface area (Å²) in [5.41, 5.74) is 2.07. The molecule has 0 bridgehead atoms. The number of carbonyl (C=O) groups is 1. The summed E-state index contributed by atoms with van der Waals surface area (Å²) in [6.07, 6.45) is 1.08. The zero-order valence-electron chi connectivity index (χ0n) is 14.2. The zero-order valence-corrected chi connectivity index (χ0v) is 15.0. The van der Waals surface area contributed by atoms with Crippen molar-refractivity contribution in [3.63, 3.8) is 0 Å². The minimum Gasteiger partial charge on any atom is -0.444 e. The molecule has 25 heavy (non-hydrogen) atoms. The molecule has 6 heteroatoms. The van der Waals surface area contributed by atoms with Gasteiger partial charge in [0.2, 0.25) is 5.95 Å². The molecule has 0 aliphatic heterocycles. The van der Waals surface area contributed by atoms with E-state index in [0.29, 0.717) is 5.02 Å². The Kier molecular flexibility index (Phi) is 4.59. The second kappa shape index (κ2) is 6.69. The lowest BCUT2D eigenvalue weighted by Crippen LogP contribution is -2.27. The summed E-state index contributed by atoms with van der Waals surface area (Å²) < 4.78 is 5.20. The first-order valence-corrected chi connectivity index (χ1v) is 8.21. The van der Waals surface area contributed by atoms with Gasteiger partial charge in [0.15, 0.2) is 0 Å². The average Bonchev–Trinajstić information content (AvgIpc) is 2.53. The van der Waals surface area contributed by atoms with Crippen LogP contribution in [0.2, 0.25) is 5.02 Å². The third kappa shape index (κ3) is 4.25. The maximum atomic E-state index is 11.8. The predicted molar refractivity (Wildman–Crippen MR) is 99.8 cm³/mol. The Morgan fingerprint density at radius 1 is 1.16 bits per heavy atom. The minimum atomic E-state index is -0.584. The molecule has 1 aromatic heterocycles. The molecule has 0 saturated carbocycles. The van der Waals surface area contributed by atoms with Crippen molar-refractivity contribution in [3.8, 4) is 11.1 Å². The van der Waals surface area contributed by atoms with E-state index in [1.807, 2.05) is 42.5 Å². The Morgan fingerprint density at radius 2 is 1.92 bits per heavy atom. The van der Waals surface area contributed by atoms with Gasteiger partial charge in [0.05, 0.1) is 5.52 Å². The lowest BCUT2D eigenvalue weighted by atomic mass is 10.0. The normalized spacial score (nSPS) is 11.4. The van der Waals surface area contributed by atoms with Gasteiger partial charge in [0.1, 0.15) is 5.60 Å². The van der Waals surface area contributed by atoms with E-state index >= 15 is 0 Å². The summed E-state index contributed by atoms with van der Waals surface area (Å²) in [5.74, 6) is 0.201. The average molecular weight is 356 g/mol. The van der Waals surface area contributed by atoms with Crippen LogP contribution in [0.1, 0.15) is 20.8 Å². The summed E-state index contributed by atoms with van der Waals surface area (Å²) in [6.45, 7) is 5.39. The molecule has 0 aliphatic carbocycles. The van der Waals surface area contributed by atoms with Gasteiger partial charge in [-0.2, -0.15) is 0 Å². The van der Waals surface area contributed by atoms with Gasteiger partial charge in [-0.15, -0.1) is 0 Å². The van der Waals surface area contributed by atoms with Crippen LogP contribution in [-0.4, -0.2) is 21.7 Å². The fourth-order valence-electron chi connectivity index (χ4n) is 2.35. The maximum absolute atomic E-state index is 11.8. The number of hydrogen-bond acceptors (Lipinski definition) is 4. The van der Waals surface area contributed by atoms with E-state index in [1.54, 1.807) is 27.0 Å². The highest BCUT2D eigenvalue weighted by Crippen LogP contribution is 2.29. The van der Waals surface area contributed by atoms with E-state index < -0.39 is 11.7 Å². The lowest BCUT2D eigenvalue weighted by Gasteiger charge is -2.19. The van der Waals surface area contributed by atoms with E-state index in [-0.39, 0.29) is 5.95 Å². The molecule has 2 aromatic carbocycles. The molecule has 128 valence electrons. The number of carbonyl (C=O) groups excluding carboxylic acids is 1. The quantitative estimate of drug-likeness (QED) is 0.677. The van der Waals surface area contributed by atoms with E-state index in [1.165, 1.54) is 0 Å². The van der Waals surface area contributed by atoms with Crippen LogP contribution in [0.3, 0.4) is 0 Å². The number of hydrogen-bond donors (Lipinski definition) is 1. The molecule has 0 saturated heterocycles. The van der Waals surface area contributed by atoms with Crippen molar-refractivity contribution >= 4 is 34.5 Å². The van der Waals surface area contributed by atoms with Crippen molar-refractivity contribution in [2.75, 3.05) is 5.32 Å². The number of nitrogens with zero attached hydrogens (tertiary/aromatic N) is 2. The summed E-state index contributed by atoms with van der Waals surface area (Å²) in [6, 6.07) is 13.4. The number of nitrogens with one attached hydrogen (secondary N) is 1. The zero-order chi connectivity index (χ0) is 18.0. The molecule has 0 atom stereocenters. The monoisotopic (exact) mass is 355 g/mol. The smallest absolute Gasteiger partial charge is 0.414 e. The number of halogens is 1. The summed E-state index contributed by atoms with van der Waals surface area (Å²) in [7, 11) is 0. The number of ether oxygens (including phenoxy) is 1. The fraction of sp³-hybridized carbons (Fsp3) is 0.211.